The van der Waals surface area contributed by atoms with Crippen LogP contribution in [0.2, 0.25) is 0 Å². The fourth-order valence-corrected chi connectivity index (χ4v) is 0.329. The third-order valence-corrected chi connectivity index (χ3v) is 0.642. The second-order valence-electron chi connectivity index (χ2n) is 1.33. The Hall–Kier alpha value is 4.14. The fourth-order valence-electron chi connectivity index (χ4n) is 0.329. The molecule has 0 heterocycles. The summed E-state index contributed by atoms with van der Waals surface area (Å²) in [5.41, 5.74) is 10.3. The second kappa shape index (κ2) is 29.2. The van der Waals surface area contributed by atoms with Gasteiger partial charge < -0.3 is 16.8 Å². The molecule has 49 valence electrons. The molecule has 3 nitrogen and oxygen atoms in total. The third kappa shape index (κ3) is 31.5. The zero-order valence-corrected chi connectivity index (χ0v) is 16.4. The molecule has 0 aliphatic carbocycles. The summed E-state index contributed by atoms with van der Waals surface area (Å²) in [5.74, 6) is 0. The smallest absolute Gasteiger partial charge is 0.00750 e. The summed E-state index contributed by atoms with van der Waals surface area (Å²) < 4.78 is 0. The first-order chi connectivity index (χ1) is 3.41. The van der Waals surface area contributed by atoms with Crippen molar-refractivity contribution in [2.75, 3.05) is 26.2 Å². The normalized spacial score (nSPS) is 6.00. The number of hydrogen-bond donors (Lipinski definition) is 3. The minimum absolute atomic E-state index is 0. The zero-order valence-electron chi connectivity index (χ0n) is 8.19. The van der Waals surface area contributed by atoms with Gasteiger partial charge in [-0.15, -0.1) is 0 Å². The molecule has 5 radical (unpaired) electrons. The van der Waals surface area contributed by atoms with E-state index in [2.05, 4.69) is 5.32 Å². The molecule has 0 aromatic rings. The van der Waals surface area contributed by atoms with Gasteiger partial charge in [0.1, 0.15) is 0 Å². The molecule has 0 aromatic heterocycles. The summed E-state index contributed by atoms with van der Waals surface area (Å²) in [5, 5.41) is 3.03. The number of nitrogens with one attached hydrogen (secondary N) is 1. The molecule has 0 saturated heterocycles. The molecule has 0 aliphatic heterocycles. The number of nitrogens with two attached hydrogens (primary N) is 2. The maximum absolute atomic E-state index is 5.17. The van der Waals surface area contributed by atoms with E-state index in [0.29, 0.717) is 13.1 Å². The van der Waals surface area contributed by atoms with Gasteiger partial charge in [0.2, 0.25) is 0 Å². The Labute approximate surface area is 165 Å². The number of hydrogen-bond acceptors (Lipinski definition) is 3. The van der Waals surface area contributed by atoms with Crippen molar-refractivity contribution >= 4 is 126 Å². The van der Waals surface area contributed by atoms with Gasteiger partial charge in [-0.05, 0) is 0 Å². The predicted octanol–water partition coefficient (Wildman–Crippen LogP) is -3.03. The summed E-state index contributed by atoms with van der Waals surface area (Å²) in [7, 11) is 0. The molecule has 0 aromatic carbocycles. The van der Waals surface area contributed by atoms with Crippen molar-refractivity contribution in [3.63, 3.8) is 0 Å². The van der Waals surface area contributed by atoms with Crippen LogP contribution in [0.4, 0.5) is 0 Å². The molecule has 7 heteroatoms. The molecule has 0 atom stereocenters. The van der Waals surface area contributed by atoms with Crippen LogP contribution in [0.25, 0.3) is 0 Å². The molecular weight excluding hydrogens is 199 g/mol. The first-order valence-corrected chi connectivity index (χ1v) is 2.52. The molecule has 0 spiro atoms. The summed E-state index contributed by atoms with van der Waals surface area (Å²) in [6.45, 7) is 3.13. The van der Waals surface area contributed by atoms with Gasteiger partial charge in [0, 0.05) is 153 Å². The molecule has 0 amide bonds. The van der Waals surface area contributed by atoms with Gasteiger partial charge in [-0.3, -0.25) is 0 Å². The van der Waals surface area contributed by atoms with Crippen LogP contribution in [0.3, 0.4) is 0 Å². The Morgan fingerprint density at radius 2 is 1.09 bits per heavy atom. The van der Waals surface area contributed by atoms with E-state index in [-0.39, 0.29) is 126 Å². The summed E-state index contributed by atoms with van der Waals surface area (Å²) in [4.78, 5) is 0. The van der Waals surface area contributed by atoms with Gasteiger partial charge in [0.25, 0.3) is 0 Å². The average Bonchev–Trinajstić information content (AvgIpc) is 1.69. The predicted molar refractivity (Wildman–Crippen MR) is 54.0 cm³/mol. The van der Waals surface area contributed by atoms with Crippen LogP contribution >= 0.6 is 0 Å². The van der Waals surface area contributed by atoms with E-state index < -0.39 is 0 Å². The molecule has 0 bridgehead atoms. The van der Waals surface area contributed by atoms with Crippen LogP contribution in [0.5, 0.6) is 0 Å². The van der Waals surface area contributed by atoms with Crippen molar-refractivity contribution < 1.29 is 0 Å². The van der Waals surface area contributed by atoms with Gasteiger partial charge in [0.15, 0.2) is 0 Å². The van der Waals surface area contributed by atoms with Crippen LogP contribution in [-0.4, -0.2) is 153 Å². The number of rotatable bonds is 4. The Morgan fingerprint density at radius 1 is 0.818 bits per heavy atom. The molecule has 5 N–H and O–H groups in total. The van der Waals surface area contributed by atoms with E-state index in [1.807, 2.05) is 0 Å². The van der Waals surface area contributed by atoms with Crippen molar-refractivity contribution in [3.05, 3.63) is 0 Å². The van der Waals surface area contributed by atoms with Gasteiger partial charge in [-0.25, -0.2) is 0 Å². The SMILES string of the molecule is NCCNCCN.[Ca].[Na].[Na].[Na]. The second-order valence-corrected chi connectivity index (χ2v) is 1.33. The van der Waals surface area contributed by atoms with Gasteiger partial charge >= 0.3 is 0 Å². The minimum atomic E-state index is 0. The summed E-state index contributed by atoms with van der Waals surface area (Å²) in [6, 6.07) is 0. The average molecular weight is 212 g/mol. The van der Waals surface area contributed by atoms with Crippen molar-refractivity contribution in [1.29, 1.82) is 0 Å². The van der Waals surface area contributed by atoms with Crippen molar-refractivity contribution in [1.82, 2.24) is 5.32 Å². The molecule has 11 heavy (non-hydrogen) atoms. The van der Waals surface area contributed by atoms with E-state index in [1.54, 1.807) is 0 Å². The molecule has 0 aliphatic rings. The van der Waals surface area contributed by atoms with Crippen LogP contribution < -0.4 is 16.8 Å². The van der Waals surface area contributed by atoms with Gasteiger partial charge in [0.05, 0.1) is 0 Å². The van der Waals surface area contributed by atoms with E-state index in [0.717, 1.165) is 13.1 Å². The standard InChI is InChI=1S/C4H13N3.Ca.3Na/c5-1-3-7-4-2-6;;;;/h7H,1-6H2;;;;. The Bertz CT molecular complexity index is 39.8. The molecule has 0 fully saturated rings. The van der Waals surface area contributed by atoms with Crippen molar-refractivity contribution in [3.8, 4) is 0 Å². The molecule has 0 rings (SSSR count). The van der Waals surface area contributed by atoms with Crippen LogP contribution in [-0.2, 0) is 0 Å². The Balaban J connectivity index is -0.0000000300. The van der Waals surface area contributed by atoms with Crippen molar-refractivity contribution in [2.24, 2.45) is 11.5 Å². The maximum Gasteiger partial charge on any atom is 0.00750 e. The van der Waals surface area contributed by atoms with Gasteiger partial charge in [-0.1, -0.05) is 0 Å². The molecule has 0 unspecified atom stereocenters. The fraction of sp³-hybridized carbons (Fsp3) is 1.00. The quantitative estimate of drug-likeness (QED) is 0.343. The maximum atomic E-state index is 5.17. The molecule has 0 saturated carbocycles. The first kappa shape index (κ1) is 29.4. The largest absolute Gasteiger partial charge is 0.329 e. The van der Waals surface area contributed by atoms with Crippen LogP contribution in [0, 0.1) is 0 Å². The van der Waals surface area contributed by atoms with Crippen LogP contribution in [0.1, 0.15) is 0 Å². The summed E-state index contributed by atoms with van der Waals surface area (Å²) >= 11 is 0. The van der Waals surface area contributed by atoms with E-state index in [4.69, 9.17) is 11.5 Å². The van der Waals surface area contributed by atoms with Gasteiger partial charge in [-0.2, -0.15) is 0 Å². The topological polar surface area (TPSA) is 64.1 Å². The van der Waals surface area contributed by atoms with E-state index >= 15 is 0 Å². The zero-order chi connectivity index (χ0) is 5.54. The Morgan fingerprint density at radius 3 is 1.27 bits per heavy atom. The minimum Gasteiger partial charge on any atom is -0.329 e. The third-order valence-electron chi connectivity index (χ3n) is 0.642. The Kier molecular flexibility index (Phi) is 78.2. The van der Waals surface area contributed by atoms with Crippen molar-refractivity contribution in [2.45, 2.75) is 0 Å². The summed E-state index contributed by atoms with van der Waals surface area (Å²) in [6.07, 6.45) is 0. The first-order valence-electron chi connectivity index (χ1n) is 2.52. The van der Waals surface area contributed by atoms with E-state index in [9.17, 15) is 0 Å². The van der Waals surface area contributed by atoms with Crippen LogP contribution in [0.15, 0.2) is 0 Å². The molecular formula is C4H13CaN3Na3. The van der Waals surface area contributed by atoms with E-state index in [1.165, 1.54) is 0 Å². The monoisotopic (exact) mass is 212 g/mol.